The second-order valence-corrected chi connectivity index (χ2v) is 4.78. The SMILES string of the molecule is CC(Cl)CN(C)C(=O)C(C)C(C)C. The highest BCUT2D eigenvalue weighted by Crippen LogP contribution is 2.13. The van der Waals surface area contributed by atoms with E-state index < -0.39 is 0 Å². The molecule has 0 aliphatic rings. The van der Waals surface area contributed by atoms with Crippen LogP contribution in [0.15, 0.2) is 0 Å². The zero-order chi connectivity index (χ0) is 10.6. The summed E-state index contributed by atoms with van der Waals surface area (Å²) in [5, 5.41) is 0.0216. The summed E-state index contributed by atoms with van der Waals surface area (Å²) in [4.78, 5) is 13.4. The highest BCUT2D eigenvalue weighted by molar-refractivity contribution is 6.20. The third-order valence-corrected chi connectivity index (χ3v) is 2.43. The summed E-state index contributed by atoms with van der Waals surface area (Å²) >= 11 is 5.81. The molecule has 0 aromatic heterocycles. The number of carbonyl (C=O) groups excluding carboxylic acids is 1. The van der Waals surface area contributed by atoms with Crippen molar-refractivity contribution >= 4 is 17.5 Å². The average Bonchev–Trinajstić information content (AvgIpc) is 2.00. The fraction of sp³-hybridized carbons (Fsp3) is 0.900. The van der Waals surface area contributed by atoms with Crippen molar-refractivity contribution in [2.24, 2.45) is 11.8 Å². The van der Waals surface area contributed by atoms with Crippen LogP contribution in [0.25, 0.3) is 0 Å². The molecular weight excluding hydrogens is 186 g/mol. The van der Waals surface area contributed by atoms with Gasteiger partial charge < -0.3 is 4.90 Å². The number of rotatable bonds is 4. The number of halogens is 1. The van der Waals surface area contributed by atoms with Gasteiger partial charge in [-0.15, -0.1) is 11.6 Å². The summed E-state index contributed by atoms with van der Waals surface area (Å²) in [5.74, 6) is 0.656. The molecular formula is C10H20ClNO. The van der Waals surface area contributed by atoms with Crippen LogP contribution < -0.4 is 0 Å². The van der Waals surface area contributed by atoms with Crippen molar-refractivity contribution in [3.05, 3.63) is 0 Å². The van der Waals surface area contributed by atoms with E-state index in [1.807, 2.05) is 13.8 Å². The van der Waals surface area contributed by atoms with E-state index in [-0.39, 0.29) is 17.2 Å². The zero-order valence-corrected chi connectivity index (χ0v) is 9.93. The Morgan fingerprint density at radius 1 is 1.31 bits per heavy atom. The van der Waals surface area contributed by atoms with Crippen LogP contribution in [0.1, 0.15) is 27.7 Å². The Hall–Kier alpha value is -0.240. The van der Waals surface area contributed by atoms with Crippen molar-refractivity contribution in [2.45, 2.75) is 33.1 Å². The first-order valence-electron chi connectivity index (χ1n) is 4.75. The lowest BCUT2D eigenvalue weighted by molar-refractivity contribution is -0.134. The molecule has 0 saturated heterocycles. The van der Waals surface area contributed by atoms with Gasteiger partial charge >= 0.3 is 0 Å². The quantitative estimate of drug-likeness (QED) is 0.646. The summed E-state index contributed by atoms with van der Waals surface area (Å²) in [5.41, 5.74) is 0. The predicted molar refractivity (Wildman–Crippen MR) is 57.0 cm³/mol. The number of alkyl halides is 1. The lowest BCUT2D eigenvalue weighted by Gasteiger charge is -2.24. The molecule has 3 heteroatoms. The first kappa shape index (κ1) is 12.8. The Bertz CT molecular complexity index is 168. The predicted octanol–water partition coefficient (Wildman–Crippen LogP) is 2.36. The van der Waals surface area contributed by atoms with Crippen LogP contribution in [0.3, 0.4) is 0 Å². The van der Waals surface area contributed by atoms with E-state index in [1.54, 1.807) is 11.9 Å². The van der Waals surface area contributed by atoms with Gasteiger partial charge in [-0.05, 0) is 12.8 Å². The molecule has 0 heterocycles. The summed E-state index contributed by atoms with van der Waals surface area (Å²) in [6.07, 6.45) is 0. The van der Waals surface area contributed by atoms with Crippen molar-refractivity contribution in [3.63, 3.8) is 0 Å². The lowest BCUT2D eigenvalue weighted by Crippen LogP contribution is -2.36. The smallest absolute Gasteiger partial charge is 0.225 e. The zero-order valence-electron chi connectivity index (χ0n) is 9.17. The molecule has 0 N–H and O–H groups in total. The van der Waals surface area contributed by atoms with Gasteiger partial charge in [0.1, 0.15) is 0 Å². The van der Waals surface area contributed by atoms with E-state index in [9.17, 15) is 4.79 Å². The van der Waals surface area contributed by atoms with Gasteiger partial charge in [-0.25, -0.2) is 0 Å². The molecule has 0 saturated carbocycles. The van der Waals surface area contributed by atoms with Gasteiger partial charge in [0.25, 0.3) is 0 Å². The van der Waals surface area contributed by atoms with Gasteiger partial charge in [0.15, 0.2) is 0 Å². The van der Waals surface area contributed by atoms with Crippen molar-refractivity contribution in [2.75, 3.05) is 13.6 Å². The second kappa shape index (κ2) is 5.48. The van der Waals surface area contributed by atoms with Crippen LogP contribution >= 0.6 is 11.6 Å². The van der Waals surface area contributed by atoms with E-state index in [0.717, 1.165) is 0 Å². The van der Waals surface area contributed by atoms with E-state index in [1.165, 1.54) is 0 Å². The molecule has 0 fully saturated rings. The maximum atomic E-state index is 11.7. The Labute approximate surface area is 86.2 Å². The minimum atomic E-state index is 0.0216. The summed E-state index contributed by atoms with van der Waals surface area (Å²) < 4.78 is 0. The molecule has 2 nitrogen and oxygen atoms in total. The lowest BCUT2D eigenvalue weighted by atomic mass is 9.97. The molecule has 0 rings (SSSR count). The maximum Gasteiger partial charge on any atom is 0.225 e. The molecule has 0 spiro atoms. The number of hydrogen-bond acceptors (Lipinski definition) is 1. The van der Waals surface area contributed by atoms with Crippen molar-refractivity contribution in [1.29, 1.82) is 0 Å². The summed E-state index contributed by atoms with van der Waals surface area (Å²) in [7, 11) is 1.81. The Kier molecular flexibility index (Phi) is 5.38. The van der Waals surface area contributed by atoms with Crippen LogP contribution in [-0.2, 0) is 4.79 Å². The summed E-state index contributed by atoms with van der Waals surface area (Å²) in [6, 6.07) is 0. The number of hydrogen-bond donors (Lipinski definition) is 0. The molecule has 0 aliphatic carbocycles. The molecule has 0 aromatic rings. The van der Waals surface area contributed by atoms with Crippen molar-refractivity contribution in [1.82, 2.24) is 4.90 Å². The Morgan fingerprint density at radius 2 is 1.77 bits per heavy atom. The third kappa shape index (κ3) is 4.51. The van der Waals surface area contributed by atoms with Gasteiger partial charge in [0, 0.05) is 24.9 Å². The molecule has 0 radical (unpaired) electrons. The topological polar surface area (TPSA) is 20.3 Å². The second-order valence-electron chi connectivity index (χ2n) is 4.03. The molecule has 0 aliphatic heterocycles. The number of amides is 1. The van der Waals surface area contributed by atoms with E-state index in [0.29, 0.717) is 12.5 Å². The van der Waals surface area contributed by atoms with E-state index >= 15 is 0 Å². The van der Waals surface area contributed by atoms with Gasteiger partial charge in [-0.3, -0.25) is 4.79 Å². The fourth-order valence-corrected chi connectivity index (χ4v) is 1.31. The highest BCUT2D eigenvalue weighted by atomic mass is 35.5. The minimum Gasteiger partial charge on any atom is -0.344 e. The van der Waals surface area contributed by atoms with E-state index in [4.69, 9.17) is 11.6 Å². The molecule has 13 heavy (non-hydrogen) atoms. The average molecular weight is 206 g/mol. The first-order chi connectivity index (χ1) is 5.86. The van der Waals surface area contributed by atoms with Crippen LogP contribution in [0.5, 0.6) is 0 Å². The number of carbonyl (C=O) groups is 1. The minimum absolute atomic E-state index is 0.0216. The third-order valence-electron chi connectivity index (χ3n) is 2.29. The van der Waals surface area contributed by atoms with Crippen LogP contribution in [0, 0.1) is 11.8 Å². The molecule has 1 amide bonds. The maximum absolute atomic E-state index is 11.7. The largest absolute Gasteiger partial charge is 0.344 e. The molecule has 78 valence electrons. The standard InChI is InChI=1S/C10H20ClNO/c1-7(2)9(4)10(13)12(5)6-8(3)11/h7-9H,6H2,1-5H3. The Balaban J connectivity index is 4.09. The van der Waals surface area contributed by atoms with Crippen molar-refractivity contribution in [3.8, 4) is 0 Å². The van der Waals surface area contributed by atoms with Gasteiger partial charge in [0.05, 0.1) is 0 Å². The Morgan fingerprint density at radius 3 is 2.08 bits per heavy atom. The molecule has 0 bridgehead atoms. The fourth-order valence-electron chi connectivity index (χ4n) is 1.10. The molecule has 2 unspecified atom stereocenters. The van der Waals surface area contributed by atoms with E-state index in [2.05, 4.69) is 13.8 Å². The van der Waals surface area contributed by atoms with Crippen LogP contribution in [-0.4, -0.2) is 29.8 Å². The van der Waals surface area contributed by atoms with Crippen molar-refractivity contribution < 1.29 is 4.79 Å². The van der Waals surface area contributed by atoms with Gasteiger partial charge in [-0.1, -0.05) is 20.8 Å². The normalized spacial score (nSPS) is 15.6. The highest BCUT2D eigenvalue weighted by Gasteiger charge is 2.20. The van der Waals surface area contributed by atoms with Gasteiger partial charge in [0.2, 0.25) is 5.91 Å². The van der Waals surface area contributed by atoms with Crippen LogP contribution in [0.2, 0.25) is 0 Å². The van der Waals surface area contributed by atoms with Crippen LogP contribution in [0.4, 0.5) is 0 Å². The van der Waals surface area contributed by atoms with Gasteiger partial charge in [-0.2, -0.15) is 0 Å². The molecule has 2 atom stereocenters. The first-order valence-corrected chi connectivity index (χ1v) is 5.19. The monoisotopic (exact) mass is 205 g/mol. The summed E-state index contributed by atoms with van der Waals surface area (Å²) in [6.45, 7) is 8.59. The molecule has 0 aromatic carbocycles. The number of nitrogens with zero attached hydrogens (tertiary/aromatic N) is 1.